The first-order chi connectivity index (χ1) is 10.5. The van der Waals surface area contributed by atoms with Gasteiger partial charge < -0.3 is 5.32 Å². The fourth-order valence-electron chi connectivity index (χ4n) is 1.67. The molecule has 2 nitrogen and oxygen atoms in total. The normalized spacial score (nSPS) is 10.5. The standard InChI is InChI=1S/C15H11BrCl3NOS/c16-10-2-4-14(13(19)6-10)20-15(21)8-22-7-9-1-3-11(17)12(18)5-9/h1-6H,7-8H2,(H,20,21). The summed E-state index contributed by atoms with van der Waals surface area (Å²) in [6, 6.07) is 10.8. The summed E-state index contributed by atoms with van der Waals surface area (Å²) < 4.78 is 0.865. The molecular formula is C15H11BrCl3NOS. The molecule has 116 valence electrons. The van der Waals surface area contributed by atoms with Crippen LogP contribution in [0.1, 0.15) is 5.56 Å². The number of anilines is 1. The number of carbonyl (C=O) groups is 1. The van der Waals surface area contributed by atoms with Crippen LogP contribution in [-0.4, -0.2) is 11.7 Å². The number of amides is 1. The SMILES string of the molecule is O=C(CSCc1ccc(Cl)c(Cl)c1)Nc1ccc(Br)cc1Cl. The molecule has 1 N–H and O–H groups in total. The van der Waals surface area contributed by atoms with Crippen molar-refractivity contribution in [1.82, 2.24) is 0 Å². The van der Waals surface area contributed by atoms with Gasteiger partial charge in [-0.15, -0.1) is 11.8 Å². The molecule has 0 saturated heterocycles. The summed E-state index contributed by atoms with van der Waals surface area (Å²) in [4.78, 5) is 11.9. The maximum absolute atomic E-state index is 11.9. The van der Waals surface area contributed by atoms with Crippen molar-refractivity contribution in [3.8, 4) is 0 Å². The van der Waals surface area contributed by atoms with Crippen LogP contribution < -0.4 is 5.32 Å². The average molecular weight is 440 g/mol. The van der Waals surface area contributed by atoms with Crippen LogP contribution in [0.3, 0.4) is 0 Å². The largest absolute Gasteiger partial charge is 0.324 e. The topological polar surface area (TPSA) is 29.1 Å². The Bertz CT molecular complexity index is 696. The zero-order valence-electron chi connectivity index (χ0n) is 11.2. The summed E-state index contributed by atoms with van der Waals surface area (Å²) in [5.41, 5.74) is 1.62. The van der Waals surface area contributed by atoms with E-state index < -0.39 is 0 Å². The van der Waals surface area contributed by atoms with E-state index in [1.807, 2.05) is 12.1 Å². The fourth-order valence-corrected chi connectivity index (χ4v) is 3.48. The number of hydrogen-bond donors (Lipinski definition) is 1. The van der Waals surface area contributed by atoms with Gasteiger partial charge in [-0.25, -0.2) is 0 Å². The van der Waals surface area contributed by atoms with Crippen molar-refractivity contribution in [3.63, 3.8) is 0 Å². The predicted octanol–water partition coefficient (Wildman–Crippen LogP) is 6.28. The number of carbonyl (C=O) groups excluding carboxylic acids is 1. The third-order valence-corrected chi connectivity index (χ3v) is 5.24. The molecule has 0 aliphatic heterocycles. The summed E-state index contributed by atoms with van der Waals surface area (Å²) in [5, 5.41) is 4.33. The molecule has 0 bridgehead atoms. The molecule has 0 spiro atoms. The Balaban J connectivity index is 1.83. The van der Waals surface area contributed by atoms with E-state index in [9.17, 15) is 4.79 Å². The van der Waals surface area contributed by atoms with E-state index in [1.165, 1.54) is 11.8 Å². The molecule has 0 atom stereocenters. The molecule has 2 rings (SSSR count). The number of thioether (sulfide) groups is 1. The Morgan fingerprint density at radius 1 is 1.05 bits per heavy atom. The van der Waals surface area contributed by atoms with Gasteiger partial charge in [0.1, 0.15) is 0 Å². The van der Waals surface area contributed by atoms with Crippen molar-refractivity contribution in [1.29, 1.82) is 0 Å². The van der Waals surface area contributed by atoms with Gasteiger partial charge in [0.2, 0.25) is 5.91 Å². The first-order valence-electron chi connectivity index (χ1n) is 6.22. The number of halogens is 4. The van der Waals surface area contributed by atoms with E-state index >= 15 is 0 Å². The Kier molecular flexibility index (Phi) is 6.90. The zero-order valence-corrected chi connectivity index (χ0v) is 15.9. The molecule has 7 heteroatoms. The van der Waals surface area contributed by atoms with Crippen LogP contribution in [0.25, 0.3) is 0 Å². The maximum Gasteiger partial charge on any atom is 0.234 e. The third-order valence-electron chi connectivity index (χ3n) is 2.69. The molecule has 2 aromatic carbocycles. The van der Waals surface area contributed by atoms with Gasteiger partial charge >= 0.3 is 0 Å². The van der Waals surface area contributed by atoms with Gasteiger partial charge in [-0.1, -0.05) is 56.8 Å². The van der Waals surface area contributed by atoms with Gasteiger partial charge in [0, 0.05) is 10.2 Å². The van der Waals surface area contributed by atoms with Crippen molar-refractivity contribution in [2.24, 2.45) is 0 Å². The van der Waals surface area contributed by atoms with E-state index in [-0.39, 0.29) is 5.91 Å². The molecule has 1 amide bonds. The lowest BCUT2D eigenvalue weighted by atomic mass is 10.2. The molecule has 0 aliphatic carbocycles. The second-order valence-electron chi connectivity index (χ2n) is 4.41. The van der Waals surface area contributed by atoms with Crippen LogP contribution in [-0.2, 0) is 10.5 Å². The third kappa shape index (κ3) is 5.36. The minimum Gasteiger partial charge on any atom is -0.324 e. The summed E-state index contributed by atoms with van der Waals surface area (Å²) in [7, 11) is 0. The van der Waals surface area contributed by atoms with Crippen LogP contribution in [0.4, 0.5) is 5.69 Å². The first kappa shape index (κ1) is 18.0. The minimum atomic E-state index is -0.103. The summed E-state index contributed by atoms with van der Waals surface area (Å²) >= 11 is 22.7. The second-order valence-corrected chi connectivity index (χ2v) is 7.54. The van der Waals surface area contributed by atoms with Crippen LogP contribution in [0.5, 0.6) is 0 Å². The molecular weight excluding hydrogens is 429 g/mol. The van der Waals surface area contributed by atoms with E-state index in [0.717, 1.165) is 10.0 Å². The highest BCUT2D eigenvalue weighted by molar-refractivity contribution is 9.10. The van der Waals surface area contributed by atoms with E-state index in [2.05, 4.69) is 21.2 Å². The van der Waals surface area contributed by atoms with E-state index in [1.54, 1.807) is 24.3 Å². The smallest absolute Gasteiger partial charge is 0.234 e. The Hall–Kier alpha value is -0.390. The van der Waals surface area contributed by atoms with Gasteiger partial charge in [-0.2, -0.15) is 0 Å². The predicted molar refractivity (Wildman–Crippen MR) is 100 cm³/mol. The van der Waals surface area contributed by atoms with Gasteiger partial charge in [-0.3, -0.25) is 4.79 Å². The highest BCUT2D eigenvalue weighted by atomic mass is 79.9. The highest BCUT2D eigenvalue weighted by Gasteiger charge is 2.07. The molecule has 0 aliphatic rings. The zero-order chi connectivity index (χ0) is 16.1. The summed E-state index contributed by atoms with van der Waals surface area (Å²) in [6.45, 7) is 0. The van der Waals surface area contributed by atoms with Crippen molar-refractivity contribution < 1.29 is 4.79 Å². The molecule has 0 unspecified atom stereocenters. The quantitative estimate of drug-likeness (QED) is 0.594. The molecule has 0 heterocycles. The van der Waals surface area contributed by atoms with Gasteiger partial charge in [-0.05, 0) is 35.9 Å². The van der Waals surface area contributed by atoms with Crippen LogP contribution in [0.2, 0.25) is 15.1 Å². The maximum atomic E-state index is 11.9. The van der Waals surface area contributed by atoms with Crippen molar-refractivity contribution in [3.05, 3.63) is 61.5 Å². The molecule has 22 heavy (non-hydrogen) atoms. The molecule has 0 radical (unpaired) electrons. The van der Waals surface area contributed by atoms with Crippen LogP contribution >= 0.6 is 62.5 Å². The number of hydrogen-bond acceptors (Lipinski definition) is 2. The summed E-state index contributed by atoms with van der Waals surface area (Å²) in [5.74, 6) is 0.902. The van der Waals surface area contributed by atoms with Crippen LogP contribution in [0.15, 0.2) is 40.9 Å². The lowest BCUT2D eigenvalue weighted by Gasteiger charge is -2.08. The summed E-state index contributed by atoms with van der Waals surface area (Å²) in [6.07, 6.45) is 0. The Morgan fingerprint density at radius 3 is 2.50 bits per heavy atom. The molecule has 2 aromatic rings. The highest BCUT2D eigenvalue weighted by Crippen LogP contribution is 2.27. The van der Waals surface area contributed by atoms with Gasteiger partial charge in [0.25, 0.3) is 0 Å². The van der Waals surface area contributed by atoms with Crippen molar-refractivity contribution in [2.75, 3.05) is 11.1 Å². The minimum absolute atomic E-state index is 0.103. The first-order valence-corrected chi connectivity index (χ1v) is 9.30. The van der Waals surface area contributed by atoms with E-state index in [4.69, 9.17) is 34.8 Å². The van der Waals surface area contributed by atoms with Crippen molar-refractivity contribution in [2.45, 2.75) is 5.75 Å². The average Bonchev–Trinajstić information content (AvgIpc) is 2.46. The van der Waals surface area contributed by atoms with E-state index in [0.29, 0.717) is 32.3 Å². The fraction of sp³-hybridized carbons (Fsp3) is 0.133. The number of benzene rings is 2. The van der Waals surface area contributed by atoms with Crippen molar-refractivity contribution >= 4 is 74.1 Å². The van der Waals surface area contributed by atoms with Gasteiger partial charge in [0.15, 0.2) is 0 Å². The Morgan fingerprint density at radius 2 is 1.82 bits per heavy atom. The number of nitrogens with one attached hydrogen (secondary N) is 1. The molecule has 0 aromatic heterocycles. The molecule has 0 saturated carbocycles. The lowest BCUT2D eigenvalue weighted by Crippen LogP contribution is -2.14. The second kappa shape index (κ2) is 8.46. The van der Waals surface area contributed by atoms with Gasteiger partial charge in [0.05, 0.1) is 26.5 Å². The van der Waals surface area contributed by atoms with Crippen LogP contribution in [0, 0.1) is 0 Å². The monoisotopic (exact) mass is 437 g/mol. The lowest BCUT2D eigenvalue weighted by molar-refractivity contribution is -0.113. The number of rotatable bonds is 5. The Labute approximate surface area is 156 Å². The molecule has 0 fully saturated rings.